The number of nitrogens with zero attached hydrogens (tertiary/aromatic N) is 2. The highest BCUT2D eigenvalue weighted by molar-refractivity contribution is 6.03. The minimum atomic E-state index is -1.17. The Morgan fingerprint density at radius 2 is 2.17 bits per heavy atom. The van der Waals surface area contributed by atoms with Gasteiger partial charge in [-0.25, -0.2) is 4.79 Å². The highest BCUT2D eigenvalue weighted by Crippen LogP contribution is 2.28. The second kappa shape index (κ2) is 5.14. The quantitative estimate of drug-likeness (QED) is 0.788. The SMILES string of the molecule is O=C(O)c1cccnc1C(=O)N(CCO)C1CC1. The van der Waals surface area contributed by atoms with E-state index in [-0.39, 0.29) is 30.5 Å². The average Bonchev–Trinajstić information content (AvgIpc) is 3.19. The van der Waals surface area contributed by atoms with Crippen LogP contribution >= 0.6 is 0 Å². The summed E-state index contributed by atoms with van der Waals surface area (Å²) in [7, 11) is 0. The van der Waals surface area contributed by atoms with Gasteiger partial charge in [0.05, 0.1) is 12.2 Å². The van der Waals surface area contributed by atoms with Crippen molar-refractivity contribution in [3.63, 3.8) is 0 Å². The molecule has 6 heteroatoms. The number of carbonyl (C=O) groups excluding carboxylic acids is 1. The van der Waals surface area contributed by atoms with Crippen LogP contribution < -0.4 is 0 Å². The molecule has 0 aromatic carbocycles. The van der Waals surface area contributed by atoms with E-state index in [2.05, 4.69) is 4.98 Å². The van der Waals surface area contributed by atoms with Crippen LogP contribution in [0.25, 0.3) is 0 Å². The molecule has 0 bridgehead atoms. The van der Waals surface area contributed by atoms with Gasteiger partial charge in [0.15, 0.2) is 0 Å². The summed E-state index contributed by atoms with van der Waals surface area (Å²) in [4.78, 5) is 28.6. The Morgan fingerprint density at radius 3 is 2.72 bits per heavy atom. The van der Waals surface area contributed by atoms with Crippen LogP contribution in [0.2, 0.25) is 0 Å². The van der Waals surface area contributed by atoms with Crippen LogP contribution in [0.15, 0.2) is 18.3 Å². The number of aromatic nitrogens is 1. The number of carbonyl (C=O) groups is 2. The maximum atomic E-state index is 12.2. The second-order valence-corrected chi connectivity index (χ2v) is 4.16. The summed E-state index contributed by atoms with van der Waals surface area (Å²) in [5.41, 5.74) is -0.170. The first-order chi connectivity index (χ1) is 8.65. The van der Waals surface area contributed by atoms with E-state index in [1.807, 2.05) is 0 Å². The minimum absolute atomic E-state index is 0.0645. The summed E-state index contributed by atoms with van der Waals surface area (Å²) >= 11 is 0. The fourth-order valence-electron chi connectivity index (χ4n) is 1.83. The molecule has 2 N–H and O–H groups in total. The number of aromatic carboxylic acids is 1. The predicted octanol–water partition coefficient (Wildman–Crippen LogP) is 0.377. The zero-order valence-electron chi connectivity index (χ0n) is 9.74. The van der Waals surface area contributed by atoms with E-state index in [1.54, 1.807) is 0 Å². The Morgan fingerprint density at radius 1 is 1.44 bits per heavy atom. The van der Waals surface area contributed by atoms with Crippen molar-refractivity contribution in [3.05, 3.63) is 29.6 Å². The normalized spacial score (nSPS) is 14.3. The molecule has 0 atom stereocenters. The summed E-state index contributed by atoms with van der Waals surface area (Å²) in [5.74, 6) is -1.60. The third kappa shape index (κ3) is 2.48. The topological polar surface area (TPSA) is 90.7 Å². The maximum absolute atomic E-state index is 12.2. The largest absolute Gasteiger partial charge is 0.478 e. The van der Waals surface area contributed by atoms with E-state index >= 15 is 0 Å². The molecular weight excluding hydrogens is 236 g/mol. The van der Waals surface area contributed by atoms with Crippen LogP contribution in [0.5, 0.6) is 0 Å². The molecule has 18 heavy (non-hydrogen) atoms. The third-order valence-electron chi connectivity index (χ3n) is 2.83. The lowest BCUT2D eigenvalue weighted by molar-refractivity contribution is 0.0656. The van der Waals surface area contributed by atoms with E-state index in [0.29, 0.717) is 0 Å². The Hall–Kier alpha value is -1.95. The van der Waals surface area contributed by atoms with Crippen LogP contribution in [-0.2, 0) is 0 Å². The van der Waals surface area contributed by atoms with Crippen LogP contribution in [-0.4, -0.2) is 51.2 Å². The van der Waals surface area contributed by atoms with Gasteiger partial charge in [0, 0.05) is 18.8 Å². The van der Waals surface area contributed by atoms with Gasteiger partial charge in [-0.1, -0.05) is 0 Å². The van der Waals surface area contributed by atoms with Gasteiger partial charge in [0.25, 0.3) is 5.91 Å². The molecule has 1 heterocycles. The molecule has 2 rings (SSSR count). The summed E-state index contributed by atoms with van der Waals surface area (Å²) in [5, 5.41) is 18.0. The third-order valence-corrected chi connectivity index (χ3v) is 2.83. The van der Waals surface area contributed by atoms with Crippen LogP contribution in [0.4, 0.5) is 0 Å². The fraction of sp³-hybridized carbons (Fsp3) is 0.417. The second-order valence-electron chi connectivity index (χ2n) is 4.16. The van der Waals surface area contributed by atoms with E-state index < -0.39 is 11.9 Å². The van der Waals surface area contributed by atoms with Crippen LogP contribution in [0, 0.1) is 0 Å². The molecule has 0 spiro atoms. The molecule has 0 aliphatic heterocycles. The fourth-order valence-corrected chi connectivity index (χ4v) is 1.83. The summed E-state index contributed by atoms with van der Waals surface area (Å²) in [6.07, 6.45) is 3.17. The standard InChI is InChI=1S/C12H14N2O4/c15-7-6-14(8-3-4-8)11(16)10-9(12(17)18)2-1-5-13-10/h1-2,5,8,15H,3-4,6-7H2,(H,17,18). The first kappa shape index (κ1) is 12.5. The Labute approximate surface area is 104 Å². The number of rotatable bonds is 5. The molecule has 1 saturated carbocycles. The van der Waals surface area contributed by atoms with Crippen LogP contribution in [0.1, 0.15) is 33.7 Å². The van der Waals surface area contributed by atoms with Gasteiger partial charge >= 0.3 is 5.97 Å². The van der Waals surface area contributed by atoms with Crippen molar-refractivity contribution in [2.24, 2.45) is 0 Å². The van der Waals surface area contributed by atoms with Gasteiger partial charge in [0.1, 0.15) is 5.69 Å². The van der Waals surface area contributed by atoms with Gasteiger partial charge in [-0.15, -0.1) is 0 Å². The van der Waals surface area contributed by atoms with Crippen molar-refractivity contribution in [2.75, 3.05) is 13.2 Å². The van der Waals surface area contributed by atoms with Gasteiger partial charge < -0.3 is 15.1 Å². The van der Waals surface area contributed by atoms with E-state index in [4.69, 9.17) is 10.2 Å². The summed E-state index contributed by atoms with van der Waals surface area (Å²) in [6, 6.07) is 2.94. The predicted molar refractivity (Wildman–Crippen MR) is 62.3 cm³/mol. The summed E-state index contributed by atoms with van der Waals surface area (Å²) in [6.45, 7) is 0.0661. The lowest BCUT2D eigenvalue weighted by atomic mass is 10.1. The number of carboxylic acid groups (broad SMARTS) is 1. The number of hydrogen-bond acceptors (Lipinski definition) is 4. The highest BCUT2D eigenvalue weighted by Gasteiger charge is 2.34. The Balaban J connectivity index is 2.29. The van der Waals surface area contributed by atoms with Gasteiger partial charge in [-0.3, -0.25) is 9.78 Å². The molecule has 0 radical (unpaired) electrons. The molecule has 96 valence electrons. The summed E-state index contributed by atoms with van der Waals surface area (Å²) < 4.78 is 0. The molecular formula is C12H14N2O4. The lowest BCUT2D eigenvalue weighted by Crippen LogP contribution is -2.36. The minimum Gasteiger partial charge on any atom is -0.478 e. The van der Waals surface area contributed by atoms with Crippen molar-refractivity contribution < 1.29 is 19.8 Å². The van der Waals surface area contributed by atoms with E-state index in [1.165, 1.54) is 23.2 Å². The lowest BCUT2D eigenvalue weighted by Gasteiger charge is -2.21. The Bertz CT molecular complexity index is 471. The zero-order chi connectivity index (χ0) is 13.1. The number of aliphatic hydroxyl groups is 1. The van der Waals surface area contributed by atoms with Gasteiger partial charge in [0.2, 0.25) is 0 Å². The molecule has 1 amide bonds. The van der Waals surface area contributed by atoms with E-state index in [9.17, 15) is 9.59 Å². The number of pyridine rings is 1. The monoisotopic (exact) mass is 250 g/mol. The smallest absolute Gasteiger partial charge is 0.338 e. The molecule has 1 aliphatic carbocycles. The van der Waals surface area contributed by atoms with E-state index in [0.717, 1.165) is 12.8 Å². The maximum Gasteiger partial charge on any atom is 0.338 e. The van der Waals surface area contributed by atoms with Gasteiger partial charge in [-0.05, 0) is 25.0 Å². The number of aliphatic hydroxyl groups excluding tert-OH is 1. The molecule has 1 aliphatic rings. The molecule has 0 unspecified atom stereocenters. The molecule has 6 nitrogen and oxygen atoms in total. The first-order valence-corrected chi connectivity index (χ1v) is 5.75. The average molecular weight is 250 g/mol. The first-order valence-electron chi connectivity index (χ1n) is 5.75. The van der Waals surface area contributed by atoms with Crippen molar-refractivity contribution in [3.8, 4) is 0 Å². The molecule has 1 fully saturated rings. The van der Waals surface area contributed by atoms with Gasteiger partial charge in [-0.2, -0.15) is 0 Å². The number of hydrogen-bond donors (Lipinski definition) is 2. The molecule has 1 aromatic heterocycles. The number of amides is 1. The Kier molecular flexibility index (Phi) is 3.57. The van der Waals surface area contributed by atoms with Crippen molar-refractivity contribution in [1.29, 1.82) is 0 Å². The van der Waals surface area contributed by atoms with Crippen molar-refractivity contribution >= 4 is 11.9 Å². The zero-order valence-corrected chi connectivity index (χ0v) is 9.74. The van der Waals surface area contributed by atoms with Crippen molar-refractivity contribution in [1.82, 2.24) is 9.88 Å². The number of carboxylic acids is 1. The molecule has 0 saturated heterocycles. The highest BCUT2D eigenvalue weighted by atomic mass is 16.4. The van der Waals surface area contributed by atoms with Crippen LogP contribution in [0.3, 0.4) is 0 Å². The molecule has 1 aromatic rings. The van der Waals surface area contributed by atoms with Crippen molar-refractivity contribution in [2.45, 2.75) is 18.9 Å².